The van der Waals surface area contributed by atoms with Crippen molar-refractivity contribution in [2.45, 2.75) is 0 Å². The van der Waals surface area contributed by atoms with Crippen LogP contribution in [0.15, 0.2) is 59.3 Å². The number of hydrogen-bond acceptors (Lipinski definition) is 3. The Morgan fingerprint density at radius 1 is 0.950 bits per heavy atom. The Morgan fingerprint density at radius 3 is 2.60 bits per heavy atom. The second-order valence-corrected chi connectivity index (χ2v) is 5.33. The van der Waals surface area contributed by atoms with Gasteiger partial charge in [-0.1, -0.05) is 28.1 Å². The van der Waals surface area contributed by atoms with E-state index in [2.05, 4.69) is 38.4 Å². The number of ether oxygens (including phenoxy) is 1. The van der Waals surface area contributed by atoms with Gasteiger partial charge in [0.1, 0.15) is 11.5 Å². The lowest BCUT2D eigenvalue weighted by atomic mass is 10.1. The van der Waals surface area contributed by atoms with Crippen LogP contribution in [-0.2, 0) is 0 Å². The number of rotatable bonds is 3. The Labute approximate surface area is 125 Å². The predicted molar refractivity (Wildman–Crippen MR) is 85.5 cm³/mol. The standard InChI is InChI=1S/C16H13BrN2O/c1-18-14-8-16(10-19-9-14)20-15-5-3-11-6-13(17)4-2-12(11)7-15/h2-10,18H,1H3. The van der Waals surface area contributed by atoms with Crippen molar-refractivity contribution in [3.05, 3.63) is 59.3 Å². The fraction of sp³-hybridized carbons (Fsp3) is 0.0625. The first kappa shape index (κ1) is 12.9. The molecule has 0 aliphatic heterocycles. The largest absolute Gasteiger partial charge is 0.456 e. The predicted octanol–water partition coefficient (Wildman–Crippen LogP) is 4.83. The maximum Gasteiger partial charge on any atom is 0.147 e. The molecule has 3 aromatic rings. The summed E-state index contributed by atoms with van der Waals surface area (Å²) in [4.78, 5) is 4.13. The molecular weight excluding hydrogens is 316 g/mol. The molecule has 0 aliphatic rings. The third-order valence-corrected chi connectivity index (χ3v) is 3.50. The lowest BCUT2D eigenvalue weighted by Crippen LogP contribution is -1.91. The quantitative estimate of drug-likeness (QED) is 0.747. The molecule has 0 bridgehead atoms. The monoisotopic (exact) mass is 328 g/mol. The van der Waals surface area contributed by atoms with Crippen molar-refractivity contribution < 1.29 is 4.74 Å². The highest BCUT2D eigenvalue weighted by molar-refractivity contribution is 9.10. The molecule has 3 rings (SSSR count). The maximum atomic E-state index is 5.84. The minimum atomic E-state index is 0.716. The summed E-state index contributed by atoms with van der Waals surface area (Å²) in [7, 11) is 1.86. The molecule has 0 fully saturated rings. The van der Waals surface area contributed by atoms with E-state index in [1.54, 1.807) is 12.4 Å². The molecule has 0 atom stereocenters. The van der Waals surface area contributed by atoms with Crippen LogP contribution < -0.4 is 10.1 Å². The van der Waals surface area contributed by atoms with Crippen molar-refractivity contribution in [1.29, 1.82) is 0 Å². The van der Waals surface area contributed by atoms with Crippen LogP contribution in [0.25, 0.3) is 10.8 Å². The second kappa shape index (κ2) is 5.51. The van der Waals surface area contributed by atoms with Crippen LogP contribution >= 0.6 is 15.9 Å². The molecule has 0 saturated carbocycles. The first-order valence-corrected chi connectivity index (χ1v) is 7.04. The summed E-state index contributed by atoms with van der Waals surface area (Å²) in [5.41, 5.74) is 0.923. The van der Waals surface area contributed by atoms with Crippen LogP contribution in [0.2, 0.25) is 0 Å². The average Bonchev–Trinajstić information content (AvgIpc) is 2.47. The molecule has 2 aromatic carbocycles. The third-order valence-electron chi connectivity index (χ3n) is 3.01. The van der Waals surface area contributed by atoms with Gasteiger partial charge in [0.05, 0.1) is 18.1 Å². The van der Waals surface area contributed by atoms with Crippen LogP contribution in [-0.4, -0.2) is 12.0 Å². The number of nitrogens with zero attached hydrogens (tertiary/aromatic N) is 1. The van der Waals surface area contributed by atoms with Crippen molar-refractivity contribution in [1.82, 2.24) is 4.98 Å². The van der Waals surface area contributed by atoms with E-state index >= 15 is 0 Å². The summed E-state index contributed by atoms with van der Waals surface area (Å²) in [6, 6.07) is 14.1. The molecule has 0 spiro atoms. The molecule has 100 valence electrons. The second-order valence-electron chi connectivity index (χ2n) is 4.41. The number of aromatic nitrogens is 1. The lowest BCUT2D eigenvalue weighted by molar-refractivity contribution is 0.481. The van der Waals surface area contributed by atoms with Gasteiger partial charge in [-0.05, 0) is 35.0 Å². The topological polar surface area (TPSA) is 34.2 Å². The van der Waals surface area contributed by atoms with Crippen molar-refractivity contribution in [2.75, 3.05) is 12.4 Å². The lowest BCUT2D eigenvalue weighted by Gasteiger charge is -2.08. The Kier molecular flexibility index (Phi) is 3.56. The van der Waals surface area contributed by atoms with Crippen molar-refractivity contribution in [3.8, 4) is 11.5 Å². The van der Waals surface area contributed by atoms with Crippen LogP contribution in [0.5, 0.6) is 11.5 Å². The third kappa shape index (κ3) is 2.75. The average molecular weight is 329 g/mol. The van der Waals surface area contributed by atoms with E-state index in [9.17, 15) is 0 Å². The summed E-state index contributed by atoms with van der Waals surface area (Å²) >= 11 is 3.47. The molecule has 1 N–H and O–H groups in total. The van der Waals surface area contributed by atoms with Gasteiger partial charge < -0.3 is 10.1 Å². The highest BCUT2D eigenvalue weighted by Crippen LogP contribution is 2.28. The molecular formula is C16H13BrN2O. The molecule has 3 nitrogen and oxygen atoms in total. The van der Waals surface area contributed by atoms with Gasteiger partial charge in [-0.3, -0.25) is 4.98 Å². The zero-order valence-corrected chi connectivity index (χ0v) is 12.5. The number of pyridine rings is 1. The molecule has 0 unspecified atom stereocenters. The normalized spacial score (nSPS) is 10.5. The van der Waals surface area contributed by atoms with Gasteiger partial charge >= 0.3 is 0 Å². The first-order valence-electron chi connectivity index (χ1n) is 6.24. The summed E-state index contributed by atoms with van der Waals surface area (Å²) in [6.07, 6.45) is 3.46. The van der Waals surface area contributed by atoms with Crippen LogP contribution in [0.3, 0.4) is 0 Å². The van der Waals surface area contributed by atoms with Gasteiger partial charge in [0.25, 0.3) is 0 Å². The number of hydrogen-bond donors (Lipinski definition) is 1. The zero-order chi connectivity index (χ0) is 13.9. The minimum Gasteiger partial charge on any atom is -0.456 e. The molecule has 1 heterocycles. The summed E-state index contributed by atoms with van der Waals surface area (Å²) < 4.78 is 6.92. The van der Waals surface area contributed by atoms with E-state index in [4.69, 9.17) is 4.74 Å². The van der Waals surface area contributed by atoms with E-state index in [0.29, 0.717) is 5.75 Å². The van der Waals surface area contributed by atoms with Gasteiger partial charge in [-0.15, -0.1) is 0 Å². The van der Waals surface area contributed by atoms with E-state index < -0.39 is 0 Å². The zero-order valence-electron chi connectivity index (χ0n) is 10.9. The van der Waals surface area contributed by atoms with Gasteiger partial charge in [0.2, 0.25) is 0 Å². The van der Waals surface area contributed by atoms with Crippen LogP contribution in [0.4, 0.5) is 5.69 Å². The van der Waals surface area contributed by atoms with Crippen LogP contribution in [0.1, 0.15) is 0 Å². The SMILES string of the molecule is CNc1cncc(Oc2ccc3cc(Br)ccc3c2)c1. The summed E-state index contributed by atoms with van der Waals surface area (Å²) in [5.74, 6) is 1.52. The Bertz CT molecular complexity index is 758. The Balaban J connectivity index is 1.92. The summed E-state index contributed by atoms with van der Waals surface area (Å²) in [6.45, 7) is 0. The molecule has 0 saturated heterocycles. The molecule has 4 heteroatoms. The molecule has 0 radical (unpaired) electrons. The summed E-state index contributed by atoms with van der Waals surface area (Å²) in [5, 5.41) is 5.36. The molecule has 0 amide bonds. The minimum absolute atomic E-state index is 0.716. The van der Waals surface area contributed by atoms with E-state index in [1.165, 1.54) is 5.39 Å². The molecule has 20 heavy (non-hydrogen) atoms. The van der Waals surface area contributed by atoms with Gasteiger partial charge in [0.15, 0.2) is 0 Å². The van der Waals surface area contributed by atoms with E-state index in [-0.39, 0.29) is 0 Å². The van der Waals surface area contributed by atoms with Gasteiger partial charge in [-0.2, -0.15) is 0 Å². The van der Waals surface area contributed by atoms with Crippen molar-refractivity contribution >= 4 is 32.4 Å². The number of anilines is 1. The number of halogens is 1. The number of nitrogens with one attached hydrogen (secondary N) is 1. The van der Waals surface area contributed by atoms with E-state index in [1.807, 2.05) is 37.4 Å². The van der Waals surface area contributed by atoms with Gasteiger partial charge in [-0.25, -0.2) is 0 Å². The van der Waals surface area contributed by atoms with Crippen LogP contribution in [0, 0.1) is 0 Å². The highest BCUT2D eigenvalue weighted by atomic mass is 79.9. The first-order chi connectivity index (χ1) is 9.74. The Hall–Kier alpha value is -2.07. The van der Waals surface area contributed by atoms with Gasteiger partial charge in [0, 0.05) is 17.6 Å². The fourth-order valence-corrected chi connectivity index (χ4v) is 2.38. The van der Waals surface area contributed by atoms with E-state index in [0.717, 1.165) is 21.3 Å². The highest BCUT2D eigenvalue weighted by Gasteiger charge is 2.01. The smallest absolute Gasteiger partial charge is 0.147 e. The van der Waals surface area contributed by atoms with Crippen molar-refractivity contribution in [2.24, 2.45) is 0 Å². The maximum absolute atomic E-state index is 5.84. The fourth-order valence-electron chi connectivity index (χ4n) is 2.01. The Morgan fingerprint density at radius 2 is 1.75 bits per heavy atom. The number of fused-ring (bicyclic) bond motifs is 1. The number of benzene rings is 2. The molecule has 0 aliphatic carbocycles. The molecule has 1 aromatic heterocycles. The van der Waals surface area contributed by atoms with Crippen molar-refractivity contribution in [3.63, 3.8) is 0 Å².